The second kappa shape index (κ2) is 7.25. The fraction of sp³-hybridized carbons (Fsp3) is 0.867. The van der Waals surface area contributed by atoms with Gasteiger partial charge in [-0.25, -0.2) is 0 Å². The number of hydrogen-bond donors (Lipinski definition) is 1. The third-order valence-electron chi connectivity index (χ3n) is 2.92. The molecule has 4 nitrogen and oxygen atoms in total. The van der Waals surface area contributed by atoms with Crippen molar-refractivity contribution in [2.45, 2.75) is 66.6 Å². The van der Waals surface area contributed by atoms with Crippen LogP contribution in [-0.2, 0) is 14.0 Å². The summed E-state index contributed by atoms with van der Waals surface area (Å²) in [6.45, 7) is 13.9. The molecule has 0 fully saturated rings. The van der Waals surface area contributed by atoms with Gasteiger partial charge in [-0.05, 0) is 44.3 Å². The molecule has 0 amide bonds. The van der Waals surface area contributed by atoms with Gasteiger partial charge in [0, 0.05) is 0 Å². The van der Waals surface area contributed by atoms with E-state index in [2.05, 4.69) is 0 Å². The van der Waals surface area contributed by atoms with Gasteiger partial charge in [-0.15, -0.1) is 0 Å². The molecule has 0 aliphatic carbocycles. The molecule has 0 aliphatic rings. The number of carboxylic acid groups (broad SMARTS) is 1. The van der Waals surface area contributed by atoms with Crippen LogP contribution in [0, 0.1) is 17.3 Å². The standard InChI is InChI=1S/C15H30O4Si/c1-11(2)8-15(9-12(3)4,10-13(16)17)14(18)19-20(5,6)7/h11-12H,8-10H2,1-7H3,(H,16,17). The van der Waals surface area contributed by atoms with E-state index in [1.807, 2.05) is 47.3 Å². The van der Waals surface area contributed by atoms with Gasteiger partial charge >= 0.3 is 5.97 Å². The van der Waals surface area contributed by atoms with E-state index in [0.717, 1.165) is 0 Å². The summed E-state index contributed by atoms with van der Waals surface area (Å²) in [5, 5.41) is 9.23. The normalized spacial score (nSPS) is 12.8. The van der Waals surface area contributed by atoms with Gasteiger partial charge in [-0.3, -0.25) is 9.59 Å². The summed E-state index contributed by atoms with van der Waals surface area (Å²) in [5.74, 6) is -0.745. The number of carbonyl (C=O) groups excluding carboxylic acids is 1. The zero-order valence-electron chi connectivity index (χ0n) is 13.9. The molecule has 20 heavy (non-hydrogen) atoms. The molecule has 0 spiro atoms. The first kappa shape index (κ1) is 19.2. The molecule has 0 saturated heterocycles. The predicted octanol–water partition coefficient (Wildman–Crippen LogP) is 3.92. The van der Waals surface area contributed by atoms with Crippen molar-refractivity contribution in [3.05, 3.63) is 0 Å². The Bertz CT molecular complexity index is 332. The van der Waals surface area contributed by atoms with Gasteiger partial charge in [0.1, 0.15) is 0 Å². The molecule has 0 aromatic carbocycles. The van der Waals surface area contributed by atoms with E-state index in [4.69, 9.17) is 4.43 Å². The quantitative estimate of drug-likeness (QED) is 0.690. The molecule has 0 saturated carbocycles. The number of carboxylic acids is 1. The van der Waals surface area contributed by atoms with Gasteiger partial charge in [0.2, 0.25) is 8.32 Å². The SMILES string of the molecule is CC(C)CC(CC(=O)O)(CC(C)C)C(=O)O[Si](C)(C)C. The predicted molar refractivity (Wildman–Crippen MR) is 83.0 cm³/mol. The lowest BCUT2D eigenvalue weighted by Crippen LogP contribution is -2.43. The van der Waals surface area contributed by atoms with Crippen molar-refractivity contribution in [2.24, 2.45) is 17.3 Å². The van der Waals surface area contributed by atoms with Crippen molar-refractivity contribution in [3.8, 4) is 0 Å². The van der Waals surface area contributed by atoms with Crippen LogP contribution in [0.4, 0.5) is 0 Å². The first-order valence-corrected chi connectivity index (χ1v) is 10.7. The molecule has 0 aromatic heterocycles. The van der Waals surface area contributed by atoms with Crippen molar-refractivity contribution in [1.29, 1.82) is 0 Å². The lowest BCUT2D eigenvalue weighted by atomic mass is 9.72. The van der Waals surface area contributed by atoms with E-state index in [1.54, 1.807) is 0 Å². The first-order valence-electron chi connectivity index (χ1n) is 7.33. The average Bonchev–Trinajstić information content (AvgIpc) is 2.10. The highest BCUT2D eigenvalue weighted by Gasteiger charge is 2.44. The van der Waals surface area contributed by atoms with Crippen LogP contribution in [0.1, 0.15) is 47.0 Å². The largest absolute Gasteiger partial charge is 0.519 e. The molecule has 0 rings (SSSR count). The highest BCUT2D eigenvalue weighted by molar-refractivity contribution is 6.71. The summed E-state index contributed by atoms with van der Waals surface area (Å²) in [6, 6.07) is 0. The number of hydrogen-bond acceptors (Lipinski definition) is 3. The van der Waals surface area contributed by atoms with E-state index in [9.17, 15) is 14.7 Å². The van der Waals surface area contributed by atoms with Gasteiger partial charge in [-0.1, -0.05) is 27.7 Å². The third-order valence-corrected chi connectivity index (χ3v) is 3.72. The minimum Gasteiger partial charge on any atom is -0.519 e. The van der Waals surface area contributed by atoms with Crippen LogP contribution in [0.25, 0.3) is 0 Å². The topological polar surface area (TPSA) is 63.6 Å². The summed E-state index contributed by atoms with van der Waals surface area (Å²) in [6.07, 6.45) is 0.967. The van der Waals surface area contributed by atoms with E-state index in [0.29, 0.717) is 12.8 Å². The minimum atomic E-state index is -2.03. The lowest BCUT2D eigenvalue weighted by Gasteiger charge is -2.35. The van der Waals surface area contributed by atoms with E-state index in [1.165, 1.54) is 0 Å². The van der Waals surface area contributed by atoms with Crippen molar-refractivity contribution in [2.75, 3.05) is 0 Å². The Morgan fingerprint density at radius 3 is 1.70 bits per heavy atom. The summed E-state index contributed by atoms with van der Waals surface area (Å²) in [7, 11) is -2.03. The molecular weight excluding hydrogens is 272 g/mol. The second-order valence-electron chi connectivity index (χ2n) is 7.55. The number of rotatable bonds is 8. The van der Waals surface area contributed by atoms with E-state index < -0.39 is 19.7 Å². The summed E-state index contributed by atoms with van der Waals surface area (Å²) >= 11 is 0. The number of aliphatic carboxylic acids is 1. The fourth-order valence-electron chi connectivity index (χ4n) is 2.71. The smallest absolute Gasteiger partial charge is 0.304 e. The second-order valence-corrected chi connectivity index (χ2v) is 12.0. The molecule has 0 aromatic rings. The molecule has 0 unspecified atom stereocenters. The molecule has 118 valence electrons. The monoisotopic (exact) mass is 302 g/mol. The van der Waals surface area contributed by atoms with Crippen molar-refractivity contribution in [3.63, 3.8) is 0 Å². The van der Waals surface area contributed by atoms with Gasteiger partial charge in [0.05, 0.1) is 11.8 Å². The Balaban J connectivity index is 5.45. The summed E-state index contributed by atoms with van der Waals surface area (Å²) < 4.78 is 5.64. The Hall–Kier alpha value is -0.843. The van der Waals surface area contributed by atoms with Gasteiger partial charge in [0.15, 0.2) is 0 Å². The molecule has 1 N–H and O–H groups in total. The van der Waals surface area contributed by atoms with Crippen LogP contribution >= 0.6 is 0 Å². The van der Waals surface area contributed by atoms with Crippen LogP contribution in [0.2, 0.25) is 19.6 Å². The van der Waals surface area contributed by atoms with Gasteiger partial charge < -0.3 is 9.53 Å². The van der Waals surface area contributed by atoms with Crippen molar-refractivity contribution < 1.29 is 19.1 Å². The maximum absolute atomic E-state index is 12.6. The highest BCUT2D eigenvalue weighted by atomic mass is 28.4. The maximum atomic E-state index is 12.6. The van der Waals surface area contributed by atoms with Crippen LogP contribution in [0.15, 0.2) is 0 Å². The molecule has 0 bridgehead atoms. The van der Waals surface area contributed by atoms with Crippen LogP contribution < -0.4 is 0 Å². The molecule has 0 atom stereocenters. The Morgan fingerprint density at radius 2 is 1.45 bits per heavy atom. The summed E-state index contributed by atoms with van der Waals surface area (Å²) in [4.78, 5) is 23.9. The zero-order chi connectivity index (χ0) is 16.1. The molecule has 0 aliphatic heterocycles. The van der Waals surface area contributed by atoms with E-state index >= 15 is 0 Å². The fourth-order valence-corrected chi connectivity index (χ4v) is 3.48. The highest BCUT2D eigenvalue weighted by Crippen LogP contribution is 2.39. The zero-order valence-corrected chi connectivity index (χ0v) is 14.9. The Morgan fingerprint density at radius 1 is 1.05 bits per heavy atom. The van der Waals surface area contributed by atoms with Gasteiger partial charge in [0.25, 0.3) is 5.97 Å². The Labute approximate surface area is 124 Å². The van der Waals surface area contributed by atoms with Crippen LogP contribution in [0.3, 0.4) is 0 Å². The van der Waals surface area contributed by atoms with Crippen LogP contribution in [-0.4, -0.2) is 25.4 Å². The van der Waals surface area contributed by atoms with Gasteiger partial charge in [-0.2, -0.15) is 0 Å². The van der Waals surface area contributed by atoms with Crippen molar-refractivity contribution >= 4 is 20.3 Å². The van der Waals surface area contributed by atoms with Crippen LogP contribution in [0.5, 0.6) is 0 Å². The average molecular weight is 302 g/mol. The van der Waals surface area contributed by atoms with E-state index in [-0.39, 0.29) is 24.2 Å². The maximum Gasteiger partial charge on any atom is 0.304 e. The molecule has 5 heteroatoms. The Kier molecular flexibility index (Phi) is 6.94. The molecule has 0 radical (unpaired) electrons. The third kappa shape index (κ3) is 7.08. The minimum absolute atomic E-state index is 0.146. The van der Waals surface area contributed by atoms with Crippen molar-refractivity contribution in [1.82, 2.24) is 0 Å². The lowest BCUT2D eigenvalue weighted by molar-refractivity contribution is -0.156. The molecule has 0 heterocycles. The first-order chi connectivity index (χ1) is 8.88. The molecular formula is C15H30O4Si. The number of carbonyl (C=O) groups is 2. The summed E-state index contributed by atoms with van der Waals surface area (Å²) in [5.41, 5.74) is -0.894.